The molecule has 1 aliphatic rings. The summed E-state index contributed by atoms with van der Waals surface area (Å²) in [4.78, 5) is 17.1. The monoisotopic (exact) mass is 445 g/mol. The van der Waals surface area contributed by atoms with Gasteiger partial charge in [-0.1, -0.05) is 29.8 Å². The van der Waals surface area contributed by atoms with Gasteiger partial charge in [-0.25, -0.2) is 0 Å². The average molecular weight is 447 g/mol. The maximum Gasteiger partial charge on any atom is 0.189 e. The molecular formula is C21H21BrClN3O. The van der Waals surface area contributed by atoms with Gasteiger partial charge in [0.25, 0.3) is 0 Å². The van der Waals surface area contributed by atoms with Crippen molar-refractivity contribution in [3.05, 3.63) is 80.0 Å². The molecule has 3 aromatic rings. The molecule has 4 rings (SSSR count). The zero-order valence-electron chi connectivity index (χ0n) is 14.9. The highest BCUT2D eigenvalue weighted by Crippen LogP contribution is 2.22. The first-order chi connectivity index (χ1) is 13.1. The minimum absolute atomic E-state index is 0.0651. The van der Waals surface area contributed by atoms with Crippen LogP contribution in [0.4, 0.5) is 0 Å². The highest BCUT2D eigenvalue weighted by molar-refractivity contribution is 9.10. The summed E-state index contributed by atoms with van der Waals surface area (Å²) < 4.78 is 3.12. The molecule has 0 unspecified atom stereocenters. The number of benzene rings is 2. The lowest BCUT2D eigenvalue weighted by Gasteiger charge is -2.35. The summed E-state index contributed by atoms with van der Waals surface area (Å²) in [7, 11) is 0. The number of pyridine rings is 1. The van der Waals surface area contributed by atoms with Gasteiger partial charge in [-0.05, 0) is 45.8 Å². The molecule has 6 heteroatoms. The van der Waals surface area contributed by atoms with Crippen molar-refractivity contribution in [2.24, 2.45) is 0 Å². The number of fused-ring (bicyclic) bond motifs is 1. The molecule has 1 aromatic heterocycles. The van der Waals surface area contributed by atoms with Gasteiger partial charge >= 0.3 is 0 Å². The number of hydrogen-bond acceptors (Lipinski definition) is 3. The van der Waals surface area contributed by atoms with Crippen LogP contribution in [0.1, 0.15) is 5.56 Å². The highest BCUT2D eigenvalue weighted by atomic mass is 79.9. The van der Waals surface area contributed by atoms with Crippen LogP contribution in [0.2, 0.25) is 5.02 Å². The van der Waals surface area contributed by atoms with Gasteiger partial charge in [0.05, 0.1) is 12.2 Å². The molecule has 1 saturated heterocycles. The Labute approximate surface area is 172 Å². The predicted molar refractivity (Wildman–Crippen MR) is 114 cm³/mol. The van der Waals surface area contributed by atoms with Crippen LogP contribution in [-0.2, 0) is 13.2 Å². The quantitative estimate of drug-likeness (QED) is 0.601. The molecule has 0 atom stereocenters. The van der Waals surface area contributed by atoms with Crippen molar-refractivity contribution in [3.63, 3.8) is 0 Å². The first-order valence-corrected chi connectivity index (χ1v) is 10.2. The van der Waals surface area contributed by atoms with E-state index in [4.69, 9.17) is 11.6 Å². The van der Waals surface area contributed by atoms with Crippen LogP contribution in [0.15, 0.2) is 64.0 Å². The fourth-order valence-corrected chi connectivity index (χ4v) is 4.32. The maximum absolute atomic E-state index is 12.2. The van der Waals surface area contributed by atoms with Gasteiger partial charge in [0.15, 0.2) is 5.43 Å². The van der Waals surface area contributed by atoms with Crippen molar-refractivity contribution in [2.75, 3.05) is 26.2 Å². The van der Waals surface area contributed by atoms with E-state index in [-0.39, 0.29) is 5.43 Å². The minimum atomic E-state index is 0.0651. The summed E-state index contributed by atoms with van der Waals surface area (Å²) >= 11 is 9.57. The number of hydrogen-bond donors (Lipinski definition) is 0. The van der Waals surface area contributed by atoms with Crippen LogP contribution < -0.4 is 5.43 Å². The Bertz CT molecular complexity index is 994. The lowest BCUT2D eigenvalue weighted by atomic mass is 10.2. The number of halogens is 2. The van der Waals surface area contributed by atoms with Crippen LogP contribution in [-0.4, -0.2) is 40.5 Å². The van der Waals surface area contributed by atoms with E-state index < -0.39 is 0 Å². The molecule has 4 nitrogen and oxygen atoms in total. The Balaban J connectivity index is 1.42. The van der Waals surface area contributed by atoms with Gasteiger partial charge in [0.2, 0.25) is 0 Å². The maximum atomic E-state index is 12.2. The van der Waals surface area contributed by atoms with Crippen molar-refractivity contribution in [3.8, 4) is 0 Å². The predicted octanol–water partition coefficient (Wildman–Crippen LogP) is 4.19. The molecule has 2 heterocycles. The second kappa shape index (κ2) is 8.15. The van der Waals surface area contributed by atoms with Crippen LogP contribution >= 0.6 is 27.5 Å². The van der Waals surface area contributed by atoms with E-state index in [1.807, 2.05) is 36.5 Å². The number of rotatable bonds is 4. The molecule has 1 aliphatic heterocycles. The smallest absolute Gasteiger partial charge is 0.189 e. The summed E-state index contributed by atoms with van der Waals surface area (Å²) in [5, 5.41) is 1.54. The number of aromatic nitrogens is 1. The lowest BCUT2D eigenvalue weighted by Crippen LogP contribution is -2.46. The molecule has 0 bridgehead atoms. The van der Waals surface area contributed by atoms with Crippen LogP contribution in [0.25, 0.3) is 10.9 Å². The Morgan fingerprint density at radius 2 is 1.63 bits per heavy atom. The first-order valence-electron chi connectivity index (χ1n) is 9.07. The van der Waals surface area contributed by atoms with Gasteiger partial charge in [-0.3, -0.25) is 14.6 Å². The van der Waals surface area contributed by atoms with Gasteiger partial charge < -0.3 is 4.57 Å². The largest absolute Gasteiger partial charge is 0.333 e. The van der Waals surface area contributed by atoms with Crippen LogP contribution in [0, 0.1) is 0 Å². The SMILES string of the molecule is O=c1ccn(CN2CCN(Cc3ccc(Cl)cc3)CC2)c2c(Br)cccc12. The van der Waals surface area contributed by atoms with Crippen molar-refractivity contribution in [1.82, 2.24) is 14.4 Å². The fraction of sp³-hybridized carbons (Fsp3) is 0.286. The topological polar surface area (TPSA) is 28.5 Å². The molecule has 0 radical (unpaired) electrons. The van der Waals surface area contributed by atoms with E-state index in [1.54, 1.807) is 6.07 Å². The Hall–Kier alpha value is -1.66. The molecule has 27 heavy (non-hydrogen) atoms. The molecule has 0 amide bonds. The molecule has 1 fully saturated rings. The summed E-state index contributed by atoms with van der Waals surface area (Å²) in [5.41, 5.74) is 2.33. The zero-order valence-corrected chi connectivity index (χ0v) is 17.3. The number of piperazine rings is 1. The van der Waals surface area contributed by atoms with Crippen LogP contribution in [0.5, 0.6) is 0 Å². The molecule has 0 N–H and O–H groups in total. The molecule has 2 aromatic carbocycles. The third-order valence-corrected chi connectivity index (χ3v) is 5.97. The van der Waals surface area contributed by atoms with Gasteiger partial charge in [0, 0.05) is 59.9 Å². The summed E-state index contributed by atoms with van der Waals surface area (Å²) in [6.07, 6.45) is 1.90. The van der Waals surface area contributed by atoms with Gasteiger partial charge in [-0.2, -0.15) is 0 Å². The Morgan fingerprint density at radius 1 is 0.926 bits per heavy atom. The van der Waals surface area contributed by atoms with Crippen molar-refractivity contribution < 1.29 is 0 Å². The minimum Gasteiger partial charge on any atom is -0.333 e. The van der Waals surface area contributed by atoms with E-state index in [9.17, 15) is 4.79 Å². The molecule has 0 spiro atoms. The Morgan fingerprint density at radius 3 is 2.37 bits per heavy atom. The van der Waals surface area contributed by atoms with Crippen molar-refractivity contribution >= 4 is 38.4 Å². The van der Waals surface area contributed by atoms with E-state index >= 15 is 0 Å². The van der Waals surface area contributed by atoms with Crippen LogP contribution in [0.3, 0.4) is 0 Å². The third-order valence-electron chi connectivity index (χ3n) is 5.08. The summed E-state index contributed by atoms with van der Waals surface area (Å²) in [5.74, 6) is 0. The highest BCUT2D eigenvalue weighted by Gasteiger charge is 2.18. The van der Waals surface area contributed by atoms with E-state index in [1.165, 1.54) is 5.56 Å². The zero-order chi connectivity index (χ0) is 18.8. The summed E-state index contributed by atoms with van der Waals surface area (Å²) in [6.45, 7) is 5.81. The molecular weight excluding hydrogens is 426 g/mol. The van der Waals surface area contributed by atoms with Crippen molar-refractivity contribution in [2.45, 2.75) is 13.2 Å². The first kappa shape index (κ1) is 18.7. The fourth-order valence-electron chi connectivity index (χ4n) is 3.60. The van der Waals surface area contributed by atoms with Gasteiger partial charge in [0.1, 0.15) is 0 Å². The molecule has 0 saturated carbocycles. The number of para-hydroxylation sites is 1. The second-order valence-electron chi connectivity index (χ2n) is 6.95. The lowest BCUT2D eigenvalue weighted by molar-refractivity contribution is 0.104. The van der Waals surface area contributed by atoms with Crippen molar-refractivity contribution in [1.29, 1.82) is 0 Å². The third kappa shape index (κ3) is 4.27. The average Bonchev–Trinajstić information content (AvgIpc) is 2.68. The number of nitrogens with zero attached hydrogens (tertiary/aromatic N) is 3. The normalized spacial score (nSPS) is 16.1. The standard InChI is InChI=1S/C21H21BrClN3O/c22-19-3-1-2-18-20(27)8-9-26(21(18)19)15-25-12-10-24(11-13-25)14-16-4-6-17(23)7-5-16/h1-9H,10-15H2. The Kier molecular flexibility index (Phi) is 5.64. The van der Waals surface area contributed by atoms with E-state index in [2.05, 4.69) is 42.4 Å². The second-order valence-corrected chi connectivity index (χ2v) is 8.24. The van der Waals surface area contributed by atoms with E-state index in [0.717, 1.165) is 59.8 Å². The summed E-state index contributed by atoms with van der Waals surface area (Å²) in [6, 6.07) is 15.5. The van der Waals surface area contributed by atoms with E-state index in [0.29, 0.717) is 0 Å². The molecule has 140 valence electrons. The molecule has 0 aliphatic carbocycles. The van der Waals surface area contributed by atoms with Gasteiger partial charge in [-0.15, -0.1) is 0 Å².